The molecule has 0 saturated heterocycles. The first-order valence-electron chi connectivity index (χ1n) is 7.75. The van der Waals surface area contributed by atoms with Gasteiger partial charge in [0.2, 0.25) is 0 Å². The van der Waals surface area contributed by atoms with Crippen molar-refractivity contribution in [3.05, 3.63) is 64.2 Å². The fraction of sp³-hybridized carbons (Fsp3) is 0.235. The number of rotatable bonds is 7. The summed E-state index contributed by atoms with van der Waals surface area (Å²) >= 11 is 0. The number of nitrogens with zero attached hydrogens (tertiary/aromatic N) is 2. The Morgan fingerprint density at radius 2 is 1.77 bits per heavy atom. The summed E-state index contributed by atoms with van der Waals surface area (Å²) < 4.78 is 31.9. The van der Waals surface area contributed by atoms with Gasteiger partial charge in [-0.25, -0.2) is 8.42 Å². The minimum atomic E-state index is -4.37. The molecular weight excluding hydrogens is 360 g/mol. The number of benzene rings is 2. The Morgan fingerprint density at radius 3 is 2.35 bits per heavy atom. The van der Waals surface area contributed by atoms with Gasteiger partial charge >= 0.3 is 5.97 Å². The molecule has 0 aliphatic heterocycles. The van der Waals surface area contributed by atoms with Crippen LogP contribution in [0, 0.1) is 17.0 Å². The van der Waals surface area contributed by atoms with Gasteiger partial charge in [-0.15, -0.1) is 0 Å². The third-order valence-corrected chi connectivity index (χ3v) is 5.35. The lowest BCUT2D eigenvalue weighted by Crippen LogP contribution is -2.37. The normalized spacial score (nSPS) is 11.0. The lowest BCUT2D eigenvalue weighted by molar-refractivity contribution is -0.387. The van der Waals surface area contributed by atoms with Crippen molar-refractivity contribution in [1.82, 2.24) is 0 Å². The van der Waals surface area contributed by atoms with Crippen LogP contribution >= 0.6 is 0 Å². The van der Waals surface area contributed by atoms with E-state index >= 15 is 0 Å². The van der Waals surface area contributed by atoms with Crippen LogP contribution < -0.4 is 4.31 Å². The SMILES string of the molecule is CCOC(=O)CN(c1ccc(C)cc1)S(=O)(=O)c1ccccc1[N+](=O)[O-]. The standard InChI is InChI=1S/C17H18N2O6S/c1-3-25-17(20)12-18(14-10-8-13(2)9-11-14)26(23,24)16-7-5-4-6-15(16)19(21)22/h4-11H,3,12H2,1-2H3. The first kappa shape index (κ1) is 19.4. The van der Waals surface area contributed by atoms with Gasteiger partial charge in [0.15, 0.2) is 4.90 Å². The van der Waals surface area contributed by atoms with Gasteiger partial charge in [-0.1, -0.05) is 29.8 Å². The Hall–Kier alpha value is -2.94. The van der Waals surface area contributed by atoms with Crippen LogP contribution in [-0.4, -0.2) is 32.5 Å². The number of carbonyl (C=O) groups excluding carboxylic acids is 1. The van der Waals surface area contributed by atoms with Crippen LogP contribution in [-0.2, 0) is 19.6 Å². The zero-order valence-corrected chi connectivity index (χ0v) is 15.1. The van der Waals surface area contributed by atoms with Crippen LogP contribution in [0.15, 0.2) is 53.4 Å². The van der Waals surface area contributed by atoms with Crippen LogP contribution in [0.3, 0.4) is 0 Å². The average Bonchev–Trinajstić information content (AvgIpc) is 2.60. The first-order chi connectivity index (χ1) is 12.3. The van der Waals surface area contributed by atoms with E-state index < -0.39 is 38.0 Å². The molecule has 26 heavy (non-hydrogen) atoms. The molecule has 138 valence electrons. The molecule has 0 aromatic heterocycles. The smallest absolute Gasteiger partial charge is 0.326 e. The second-order valence-electron chi connectivity index (χ2n) is 5.38. The van der Waals surface area contributed by atoms with Crippen LogP contribution in [0.2, 0.25) is 0 Å². The molecule has 0 heterocycles. The maximum atomic E-state index is 13.1. The van der Waals surface area contributed by atoms with E-state index in [9.17, 15) is 23.3 Å². The van der Waals surface area contributed by atoms with E-state index in [1.807, 2.05) is 6.92 Å². The largest absolute Gasteiger partial charge is 0.465 e. The lowest BCUT2D eigenvalue weighted by Gasteiger charge is -2.23. The van der Waals surface area contributed by atoms with E-state index in [1.165, 1.54) is 24.3 Å². The van der Waals surface area contributed by atoms with Crippen molar-refractivity contribution in [2.24, 2.45) is 0 Å². The summed E-state index contributed by atoms with van der Waals surface area (Å²) in [4.78, 5) is 21.9. The molecule has 9 heteroatoms. The number of sulfonamides is 1. The van der Waals surface area contributed by atoms with E-state index in [2.05, 4.69) is 0 Å². The number of para-hydroxylation sites is 1. The summed E-state index contributed by atoms with van der Waals surface area (Å²) in [6, 6.07) is 11.4. The maximum absolute atomic E-state index is 13.1. The van der Waals surface area contributed by atoms with E-state index in [1.54, 1.807) is 19.1 Å². The molecule has 0 atom stereocenters. The highest BCUT2D eigenvalue weighted by atomic mass is 32.2. The van der Waals surface area contributed by atoms with E-state index in [0.29, 0.717) is 0 Å². The topological polar surface area (TPSA) is 107 Å². The van der Waals surface area contributed by atoms with Crippen molar-refractivity contribution in [3.63, 3.8) is 0 Å². The Kier molecular flexibility index (Phi) is 5.93. The van der Waals surface area contributed by atoms with Crippen LogP contribution in [0.1, 0.15) is 12.5 Å². The highest BCUT2D eigenvalue weighted by molar-refractivity contribution is 7.93. The molecular formula is C17H18N2O6S. The summed E-state index contributed by atoms with van der Waals surface area (Å²) in [5.41, 5.74) is 0.545. The van der Waals surface area contributed by atoms with Gasteiger partial charge in [-0.05, 0) is 32.0 Å². The quantitative estimate of drug-likeness (QED) is 0.416. The minimum Gasteiger partial charge on any atom is -0.465 e. The predicted octanol–water partition coefficient (Wildman–Crippen LogP) is 2.66. The van der Waals surface area contributed by atoms with Gasteiger partial charge in [-0.3, -0.25) is 19.2 Å². The molecule has 0 aliphatic carbocycles. The summed E-state index contributed by atoms with van der Waals surface area (Å²) in [7, 11) is -4.37. The monoisotopic (exact) mass is 378 g/mol. The van der Waals surface area contributed by atoms with Gasteiger partial charge in [-0.2, -0.15) is 0 Å². The van der Waals surface area contributed by atoms with Gasteiger partial charge in [0.25, 0.3) is 15.7 Å². The zero-order valence-electron chi connectivity index (χ0n) is 14.3. The first-order valence-corrected chi connectivity index (χ1v) is 9.19. The number of hydrogen-bond donors (Lipinski definition) is 0. The highest BCUT2D eigenvalue weighted by Crippen LogP contribution is 2.29. The van der Waals surface area contributed by atoms with Crippen molar-refractivity contribution >= 4 is 27.4 Å². The summed E-state index contributed by atoms with van der Waals surface area (Å²) in [5, 5.41) is 11.2. The van der Waals surface area contributed by atoms with Crippen molar-refractivity contribution in [3.8, 4) is 0 Å². The molecule has 0 bridgehead atoms. The van der Waals surface area contributed by atoms with Crippen molar-refractivity contribution in [2.45, 2.75) is 18.7 Å². The fourth-order valence-electron chi connectivity index (χ4n) is 2.29. The molecule has 0 amide bonds. The number of anilines is 1. The molecule has 0 fully saturated rings. The molecule has 0 radical (unpaired) electrons. The number of aryl methyl sites for hydroxylation is 1. The third kappa shape index (κ3) is 4.17. The molecule has 0 spiro atoms. The van der Waals surface area contributed by atoms with Crippen LogP contribution in [0.25, 0.3) is 0 Å². The maximum Gasteiger partial charge on any atom is 0.326 e. The Balaban J connectivity index is 2.58. The van der Waals surface area contributed by atoms with Crippen LogP contribution in [0.5, 0.6) is 0 Å². The zero-order chi connectivity index (χ0) is 19.3. The summed E-state index contributed by atoms with van der Waals surface area (Å²) in [5.74, 6) is -0.754. The molecule has 8 nitrogen and oxygen atoms in total. The number of ether oxygens (including phenoxy) is 1. The lowest BCUT2D eigenvalue weighted by atomic mass is 10.2. The van der Waals surface area contributed by atoms with Gasteiger partial charge in [0.05, 0.1) is 17.2 Å². The predicted molar refractivity (Wildman–Crippen MR) is 95.4 cm³/mol. The molecule has 2 aromatic carbocycles. The van der Waals surface area contributed by atoms with Gasteiger partial charge < -0.3 is 4.74 Å². The molecule has 2 aromatic rings. The fourth-order valence-corrected chi connectivity index (χ4v) is 3.86. The number of nitro benzene ring substituents is 1. The second-order valence-corrected chi connectivity index (χ2v) is 7.21. The Labute approximate surface area is 151 Å². The third-order valence-electron chi connectivity index (χ3n) is 3.53. The molecule has 0 N–H and O–H groups in total. The van der Waals surface area contributed by atoms with Crippen molar-refractivity contribution in [2.75, 3.05) is 17.5 Å². The van der Waals surface area contributed by atoms with E-state index in [-0.39, 0.29) is 12.3 Å². The average molecular weight is 378 g/mol. The Bertz CT molecular complexity index is 909. The van der Waals surface area contributed by atoms with Gasteiger partial charge in [0.1, 0.15) is 6.54 Å². The molecule has 0 aliphatic rings. The molecule has 0 unspecified atom stereocenters. The van der Waals surface area contributed by atoms with Crippen LogP contribution in [0.4, 0.5) is 11.4 Å². The number of hydrogen-bond acceptors (Lipinski definition) is 6. The van der Waals surface area contributed by atoms with Crippen molar-refractivity contribution in [1.29, 1.82) is 0 Å². The van der Waals surface area contributed by atoms with Gasteiger partial charge in [0, 0.05) is 6.07 Å². The van der Waals surface area contributed by atoms with E-state index in [4.69, 9.17) is 4.74 Å². The second kappa shape index (κ2) is 7.96. The molecule has 2 rings (SSSR count). The minimum absolute atomic E-state index is 0.0894. The molecule has 0 saturated carbocycles. The summed E-state index contributed by atoms with van der Waals surface area (Å²) in [6.07, 6.45) is 0. The summed E-state index contributed by atoms with van der Waals surface area (Å²) in [6.45, 7) is 2.93. The van der Waals surface area contributed by atoms with Crippen molar-refractivity contribution < 1.29 is 22.9 Å². The Morgan fingerprint density at radius 1 is 1.15 bits per heavy atom. The number of carbonyl (C=O) groups is 1. The number of nitro groups is 1. The highest BCUT2D eigenvalue weighted by Gasteiger charge is 2.33. The van der Waals surface area contributed by atoms with E-state index in [0.717, 1.165) is 22.0 Å². The number of esters is 1.